The lowest BCUT2D eigenvalue weighted by atomic mass is 9.99. The summed E-state index contributed by atoms with van der Waals surface area (Å²) < 4.78 is 0. The summed E-state index contributed by atoms with van der Waals surface area (Å²) in [4.78, 5) is 0. The molecule has 0 aromatic heterocycles. The van der Waals surface area contributed by atoms with Crippen LogP contribution in [0, 0.1) is 0 Å². The number of fused-ring (bicyclic) bond motifs is 2. The molecule has 0 bridgehead atoms. The zero-order valence-corrected chi connectivity index (χ0v) is 16.7. The van der Waals surface area contributed by atoms with Crippen LogP contribution >= 0.6 is 0 Å². The molecule has 30 heavy (non-hydrogen) atoms. The van der Waals surface area contributed by atoms with Crippen LogP contribution in [0.2, 0.25) is 0 Å². The monoisotopic (exact) mass is 382 g/mol. The Balaban J connectivity index is 1.45. The topological polar surface area (TPSA) is 0 Å². The van der Waals surface area contributed by atoms with Crippen LogP contribution in [-0.2, 0) is 0 Å². The van der Waals surface area contributed by atoms with Crippen LogP contribution in [0.25, 0.3) is 45.8 Å². The molecular weight excluding hydrogens is 360 g/mol. The fraction of sp³-hybridized carbons (Fsp3) is 0. The second kappa shape index (κ2) is 8.23. The molecule has 0 atom stereocenters. The van der Waals surface area contributed by atoms with Crippen molar-refractivity contribution in [1.82, 2.24) is 0 Å². The molecule has 0 heteroatoms. The summed E-state index contributed by atoms with van der Waals surface area (Å²) in [5.41, 5.74) is 4.86. The summed E-state index contributed by atoms with van der Waals surface area (Å²) in [6.45, 7) is 0. The third-order valence-electron chi connectivity index (χ3n) is 5.38. The molecule has 0 fully saturated rings. The molecule has 0 spiro atoms. The van der Waals surface area contributed by atoms with Gasteiger partial charge in [0.05, 0.1) is 0 Å². The van der Waals surface area contributed by atoms with E-state index in [1.165, 1.54) is 43.8 Å². The van der Waals surface area contributed by atoms with Gasteiger partial charge in [-0.1, -0.05) is 109 Å². The highest BCUT2D eigenvalue weighted by molar-refractivity contribution is 6.00. The first-order valence-electron chi connectivity index (χ1n) is 10.3. The highest BCUT2D eigenvalue weighted by Crippen LogP contribution is 2.26. The molecule has 0 amide bonds. The molecular formula is C30H22. The summed E-state index contributed by atoms with van der Waals surface area (Å²) in [6, 6.07) is 38.7. The Hall–Kier alpha value is -3.90. The van der Waals surface area contributed by atoms with Gasteiger partial charge in [-0.2, -0.15) is 0 Å². The summed E-state index contributed by atoms with van der Waals surface area (Å²) in [5, 5.41) is 5.07. The van der Waals surface area contributed by atoms with E-state index in [1.54, 1.807) is 0 Å². The Morgan fingerprint density at radius 1 is 0.300 bits per heavy atom. The van der Waals surface area contributed by atoms with Gasteiger partial charge in [0.1, 0.15) is 0 Å². The van der Waals surface area contributed by atoms with Gasteiger partial charge < -0.3 is 0 Å². The van der Waals surface area contributed by atoms with Gasteiger partial charge in [0, 0.05) is 0 Å². The Kier molecular flexibility index (Phi) is 4.98. The van der Waals surface area contributed by atoms with Crippen molar-refractivity contribution in [2.75, 3.05) is 0 Å². The van der Waals surface area contributed by atoms with Gasteiger partial charge >= 0.3 is 0 Å². The van der Waals surface area contributed by atoms with E-state index < -0.39 is 0 Å². The smallest absolute Gasteiger partial charge is 0.0172 e. The number of benzene rings is 5. The largest absolute Gasteiger partial charge is 0.0622 e. The van der Waals surface area contributed by atoms with Crippen LogP contribution in [0.15, 0.2) is 109 Å². The minimum Gasteiger partial charge on any atom is -0.0622 e. The lowest BCUT2D eigenvalue weighted by Crippen LogP contribution is -1.80. The van der Waals surface area contributed by atoms with E-state index in [4.69, 9.17) is 0 Å². The van der Waals surface area contributed by atoms with E-state index in [-0.39, 0.29) is 0 Å². The van der Waals surface area contributed by atoms with Crippen LogP contribution in [0.4, 0.5) is 0 Å². The van der Waals surface area contributed by atoms with E-state index in [9.17, 15) is 0 Å². The van der Waals surface area contributed by atoms with Crippen LogP contribution in [0.3, 0.4) is 0 Å². The van der Waals surface area contributed by atoms with Crippen molar-refractivity contribution in [2.45, 2.75) is 0 Å². The van der Waals surface area contributed by atoms with Gasteiger partial charge in [-0.05, 0) is 68.1 Å². The van der Waals surface area contributed by atoms with Crippen molar-refractivity contribution in [3.05, 3.63) is 131 Å². The zero-order valence-electron chi connectivity index (χ0n) is 16.7. The Bertz CT molecular complexity index is 1250. The van der Waals surface area contributed by atoms with E-state index in [0.717, 1.165) is 0 Å². The molecule has 5 aromatic rings. The minimum absolute atomic E-state index is 1.21. The van der Waals surface area contributed by atoms with Crippen molar-refractivity contribution in [3.63, 3.8) is 0 Å². The highest BCUT2D eigenvalue weighted by atomic mass is 14.0. The van der Waals surface area contributed by atoms with Crippen LogP contribution in [0.1, 0.15) is 22.3 Å². The fourth-order valence-corrected chi connectivity index (χ4v) is 3.75. The SMILES string of the molecule is C(=C\c1ccc2cc3cc(/C=C/c4ccccc4)ccc3cc2c1)/c1ccccc1. The van der Waals surface area contributed by atoms with Crippen molar-refractivity contribution >= 4 is 45.8 Å². The summed E-state index contributed by atoms with van der Waals surface area (Å²) in [6.07, 6.45) is 8.67. The molecule has 0 heterocycles. The van der Waals surface area contributed by atoms with Crippen molar-refractivity contribution in [2.24, 2.45) is 0 Å². The van der Waals surface area contributed by atoms with Gasteiger partial charge in [-0.25, -0.2) is 0 Å². The standard InChI is InChI=1S/C30H22/c1-3-7-23(8-4-1)11-13-25-15-17-27-22-30-20-26(14-12-24-9-5-2-6-10-24)16-18-28(30)21-29(27)19-25/h1-22H/b13-11+,14-12+. The molecule has 0 aliphatic heterocycles. The number of rotatable bonds is 4. The van der Waals surface area contributed by atoms with Gasteiger partial charge in [0.2, 0.25) is 0 Å². The predicted molar refractivity (Wildman–Crippen MR) is 132 cm³/mol. The summed E-state index contributed by atoms with van der Waals surface area (Å²) in [7, 11) is 0. The second-order valence-electron chi connectivity index (χ2n) is 7.55. The van der Waals surface area contributed by atoms with Crippen molar-refractivity contribution in [1.29, 1.82) is 0 Å². The molecule has 0 saturated carbocycles. The molecule has 5 aromatic carbocycles. The molecule has 0 aliphatic carbocycles. The Morgan fingerprint density at radius 2 is 0.700 bits per heavy atom. The molecule has 5 rings (SSSR count). The first kappa shape index (κ1) is 18.1. The first-order chi connectivity index (χ1) is 14.8. The normalized spacial score (nSPS) is 11.7. The van der Waals surface area contributed by atoms with Crippen molar-refractivity contribution < 1.29 is 0 Å². The Labute approximate surface area is 177 Å². The van der Waals surface area contributed by atoms with Gasteiger partial charge in [-0.15, -0.1) is 0 Å². The third-order valence-corrected chi connectivity index (χ3v) is 5.38. The molecule has 142 valence electrons. The lowest BCUT2D eigenvalue weighted by molar-refractivity contribution is 1.66. The average molecular weight is 383 g/mol. The van der Waals surface area contributed by atoms with Crippen molar-refractivity contribution in [3.8, 4) is 0 Å². The molecule has 0 saturated heterocycles. The van der Waals surface area contributed by atoms with E-state index in [1.807, 2.05) is 12.1 Å². The van der Waals surface area contributed by atoms with Gasteiger partial charge in [0.15, 0.2) is 0 Å². The maximum Gasteiger partial charge on any atom is -0.0172 e. The predicted octanol–water partition coefficient (Wildman–Crippen LogP) is 8.33. The van der Waals surface area contributed by atoms with E-state index >= 15 is 0 Å². The molecule has 0 aliphatic rings. The van der Waals surface area contributed by atoms with E-state index in [0.29, 0.717) is 0 Å². The van der Waals surface area contributed by atoms with Gasteiger partial charge in [-0.3, -0.25) is 0 Å². The fourth-order valence-electron chi connectivity index (χ4n) is 3.75. The quantitative estimate of drug-likeness (QED) is 0.216. The van der Waals surface area contributed by atoms with Crippen LogP contribution in [0.5, 0.6) is 0 Å². The Morgan fingerprint density at radius 3 is 1.13 bits per heavy atom. The lowest BCUT2D eigenvalue weighted by Gasteiger charge is -2.05. The first-order valence-corrected chi connectivity index (χ1v) is 10.3. The number of hydrogen-bond donors (Lipinski definition) is 0. The average Bonchev–Trinajstić information content (AvgIpc) is 2.81. The third kappa shape index (κ3) is 4.09. The molecule has 0 nitrogen and oxygen atoms in total. The minimum atomic E-state index is 1.21. The highest BCUT2D eigenvalue weighted by Gasteiger charge is 2.00. The second-order valence-corrected chi connectivity index (χ2v) is 7.55. The maximum atomic E-state index is 2.29. The number of hydrogen-bond acceptors (Lipinski definition) is 0. The molecule has 0 radical (unpaired) electrons. The van der Waals surface area contributed by atoms with Gasteiger partial charge in [0.25, 0.3) is 0 Å². The summed E-state index contributed by atoms with van der Waals surface area (Å²) >= 11 is 0. The van der Waals surface area contributed by atoms with E-state index in [2.05, 4.69) is 121 Å². The van der Waals surface area contributed by atoms with Crippen LogP contribution in [-0.4, -0.2) is 0 Å². The zero-order chi connectivity index (χ0) is 20.2. The molecule has 0 unspecified atom stereocenters. The molecule has 0 N–H and O–H groups in total. The maximum absolute atomic E-state index is 2.29. The van der Waals surface area contributed by atoms with Crippen LogP contribution < -0.4 is 0 Å². The summed E-state index contributed by atoms with van der Waals surface area (Å²) in [5.74, 6) is 0.